The molecular weight excluding hydrogens is 432 g/mol. The maximum absolute atomic E-state index is 13.1. The zero-order valence-electron chi connectivity index (χ0n) is 18.0. The molecule has 1 aromatic carbocycles. The van der Waals surface area contributed by atoms with Crippen molar-refractivity contribution in [1.29, 1.82) is 0 Å². The van der Waals surface area contributed by atoms with Crippen molar-refractivity contribution < 1.29 is 28.7 Å². The molecule has 3 aliphatic rings. The average Bonchev–Trinajstić information content (AvgIpc) is 3.09. The molecule has 3 aliphatic heterocycles. The highest BCUT2D eigenvalue weighted by atomic mass is 32.2. The van der Waals surface area contributed by atoms with E-state index in [4.69, 9.17) is 9.47 Å². The molecule has 1 N–H and O–H groups in total. The summed E-state index contributed by atoms with van der Waals surface area (Å²) < 4.78 is 10.9. The largest absolute Gasteiger partial charge is 0.457 e. The highest BCUT2D eigenvalue weighted by Gasteiger charge is 2.71. The van der Waals surface area contributed by atoms with Crippen molar-refractivity contribution in [3.05, 3.63) is 47.5 Å². The third-order valence-corrected chi connectivity index (χ3v) is 7.42. The SMILES string of the molecule is CC(C)=CCOC(=O)[C@]12OC(=O)C[C@H]1CS[C@@H]1[C@H](CNC(=O)Cc3ccccc3)C(=O)N12. The van der Waals surface area contributed by atoms with Crippen LogP contribution in [-0.4, -0.2) is 58.7 Å². The van der Waals surface area contributed by atoms with Gasteiger partial charge in [-0.3, -0.25) is 19.3 Å². The number of nitrogens with zero attached hydrogens (tertiary/aromatic N) is 1. The Morgan fingerprint density at radius 3 is 2.75 bits per heavy atom. The van der Waals surface area contributed by atoms with E-state index in [1.165, 1.54) is 16.7 Å². The molecule has 170 valence electrons. The first-order valence-electron chi connectivity index (χ1n) is 10.6. The third-order valence-electron chi connectivity index (χ3n) is 5.94. The second-order valence-corrected chi connectivity index (χ2v) is 9.61. The number of carbonyl (C=O) groups excluding carboxylic acids is 4. The predicted octanol–water partition coefficient (Wildman–Crippen LogP) is 1.65. The Kier molecular flexibility index (Phi) is 6.28. The maximum Gasteiger partial charge on any atom is 0.373 e. The molecule has 1 aromatic rings. The third kappa shape index (κ3) is 4.01. The van der Waals surface area contributed by atoms with Crippen LogP contribution in [0.4, 0.5) is 0 Å². The van der Waals surface area contributed by atoms with Crippen LogP contribution in [-0.2, 0) is 35.1 Å². The van der Waals surface area contributed by atoms with Crippen LogP contribution >= 0.6 is 11.8 Å². The predicted molar refractivity (Wildman–Crippen MR) is 117 cm³/mol. The summed E-state index contributed by atoms with van der Waals surface area (Å²) in [5.74, 6) is -2.16. The lowest BCUT2D eigenvalue weighted by Gasteiger charge is -2.57. The minimum atomic E-state index is -1.70. The summed E-state index contributed by atoms with van der Waals surface area (Å²) in [6, 6.07) is 9.35. The number of hydrogen-bond acceptors (Lipinski definition) is 7. The molecule has 4 atom stereocenters. The van der Waals surface area contributed by atoms with Crippen LogP contribution in [0, 0.1) is 11.8 Å². The van der Waals surface area contributed by atoms with Crippen molar-refractivity contribution in [1.82, 2.24) is 10.2 Å². The monoisotopic (exact) mass is 458 g/mol. The normalized spacial score (nSPS) is 28.1. The lowest BCUT2D eigenvalue weighted by Crippen LogP contribution is -2.76. The molecule has 3 saturated heterocycles. The van der Waals surface area contributed by atoms with Gasteiger partial charge in [-0.1, -0.05) is 35.9 Å². The van der Waals surface area contributed by atoms with E-state index in [1.54, 1.807) is 6.08 Å². The topological polar surface area (TPSA) is 102 Å². The highest BCUT2D eigenvalue weighted by molar-refractivity contribution is 8.00. The van der Waals surface area contributed by atoms with E-state index >= 15 is 0 Å². The standard InChI is InChI=1S/C23H26N2O6S/c1-14(2)8-9-30-22(29)23-16(11-19(27)31-23)13-32-21-17(20(28)25(21)23)12-24-18(26)10-15-6-4-3-5-7-15/h3-8,16-17,21H,9-13H2,1-2H3,(H,24,26)/t16-,17+,21+,23+/m0/s1. The van der Waals surface area contributed by atoms with E-state index in [0.29, 0.717) is 5.75 Å². The number of allylic oxidation sites excluding steroid dienone is 1. The average molecular weight is 459 g/mol. The van der Waals surface area contributed by atoms with Gasteiger partial charge in [0.25, 0.3) is 5.72 Å². The van der Waals surface area contributed by atoms with E-state index in [9.17, 15) is 19.2 Å². The minimum Gasteiger partial charge on any atom is -0.457 e. The van der Waals surface area contributed by atoms with Gasteiger partial charge in [-0.15, -0.1) is 11.8 Å². The van der Waals surface area contributed by atoms with Gasteiger partial charge >= 0.3 is 11.9 Å². The number of esters is 2. The van der Waals surface area contributed by atoms with Gasteiger partial charge in [0.2, 0.25) is 11.8 Å². The van der Waals surface area contributed by atoms with E-state index in [-0.39, 0.29) is 43.2 Å². The zero-order chi connectivity index (χ0) is 22.9. The van der Waals surface area contributed by atoms with Gasteiger partial charge < -0.3 is 14.8 Å². The van der Waals surface area contributed by atoms with E-state index in [1.807, 2.05) is 44.2 Å². The molecule has 4 rings (SSSR count). The van der Waals surface area contributed by atoms with Crippen LogP contribution in [0.5, 0.6) is 0 Å². The Hall–Kier alpha value is -2.81. The Labute approximate surface area is 190 Å². The molecule has 32 heavy (non-hydrogen) atoms. The van der Waals surface area contributed by atoms with Crippen molar-refractivity contribution in [3.8, 4) is 0 Å². The first-order valence-corrected chi connectivity index (χ1v) is 11.7. The Bertz CT molecular complexity index is 960. The van der Waals surface area contributed by atoms with Crippen LogP contribution in [0.1, 0.15) is 25.8 Å². The van der Waals surface area contributed by atoms with Crippen LogP contribution in [0.2, 0.25) is 0 Å². The quantitative estimate of drug-likeness (QED) is 0.377. The molecule has 0 radical (unpaired) electrons. The number of thioether (sulfide) groups is 1. The molecule has 0 aliphatic carbocycles. The van der Waals surface area contributed by atoms with Crippen molar-refractivity contribution in [2.24, 2.45) is 11.8 Å². The van der Waals surface area contributed by atoms with Crippen LogP contribution in [0.15, 0.2) is 42.0 Å². The molecule has 3 fully saturated rings. The number of carbonyl (C=O) groups is 4. The molecule has 3 heterocycles. The molecule has 0 unspecified atom stereocenters. The number of hydrogen-bond donors (Lipinski definition) is 1. The van der Waals surface area contributed by atoms with Crippen molar-refractivity contribution in [2.75, 3.05) is 18.9 Å². The lowest BCUT2D eigenvalue weighted by molar-refractivity contribution is -0.221. The number of rotatable bonds is 7. The molecule has 2 amide bonds. The van der Waals surface area contributed by atoms with Crippen LogP contribution in [0.25, 0.3) is 0 Å². The van der Waals surface area contributed by atoms with E-state index in [0.717, 1.165) is 11.1 Å². The summed E-state index contributed by atoms with van der Waals surface area (Å²) in [4.78, 5) is 51.9. The molecule has 0 spiro atoms. The fraction of sp³-hybridized carbons (Fsp3) is 0.478. The molecule has 9 heteroatoms. The minimum absolute atomic E-state index is 0.0476. The summed E-state index contributed by atoms with van der Waals surface area (Å²) in [6.07, 6.45) is 2.04. The second-order valence-electron chi connectivity index (χ2n) is 8.46. The van der Waals surface area contributed by atoms with Crippen molar-refractivity contribution in [3.63, 3.8) is 0 Å². The lowest BCUT2D eigenvalue weighted by atomic mass is 9.86. The number of benzene rings is 1. The van der Waals surface area contributed by atoms with Crippen molar-refractivity contribution in [2.45, 2.75) is 37.8 Å². The fourth-order valence-electron chi connectivity index (χ4n) is 4.29. The highest BCUT2D eigenvalue weighted by Crippen LogP contribution is 2.53. The smallest absolute Gasteiger partial charge is 0.373 e. The Balaban J connectivity index is 1.43. The van der Waals surface area contributed by atoms with Crippen LogP contribution < -0.4 is 5.32 Å². The van der Waals surface area contributed by atoms with Gasteiger partial charge in [0.15, 0.2) is 0 Å². The van der Waals surface area contributed by atoms with Gasteiger partial charge in [0.1, 0.15) is 6.61 Å². The van der Waals surface area contributed by atoms with Gasteiger partial charge in [-0.05, 0) is 25.5 Å². The van der Waals surface area contributed by atoms with Gasteiger partial charge in [0, 0.05) is 18.2 Å². The Morgan fingerprint density at radius 1 is 1.28 bits per heavy atom. The Morgan fingerprint density at radius 2 is 2.03 bits per heavy atom. The number of amides is 2. The summed E-state index contributed by atoms with van der Waals surface area (Å²) in [5, 5.41) is 2.46. The zero-order valence-corrected chi connectivity index (χ0v) is 18.9. The van der Waals surface area contributed by atoms with E-state index in [2.05, 4.69) is 5.32 Å². The van der Waals surface area contributed by atoms with Crippen LogP contribution in [0.3, 0.4) is 0 Å². The van der Waals surface area contributed by atoms with Gasteiger partial charge in [-0.2, -0.15) is 0 Å². The first kappa shape index (κ1) is 22.4. The second kappa shape index (κ2) is 8.97. The molecule has 0 bridgehead atoms. The summed E-state index contributed by atoms with van der Waals surface area (Å²) in [7, 11) is 0. The molecular formula is C23H26N2O6S. The summed E-state index contributed by atoms with van der Waals surface area (Å²) in [5.41, 5.74) is 0.167. The summed E-state index contributed by atoms with van der Waals surface area (Å²) in [6.45, 7) is 3.98. The van der Waals surface area contributed by atoms with E-state index < -0.39 is 29.5 Å². The molecule has 0 saturated carbocycles. The summed E-state index contributed by atoms with van der Waals surface area (Å²) >= 11 is 1.51. The first-order chi connectivity index (χ1) is 15.3. The maximum atomic E-state index is 13.1. The number of fused-ring (bicyclic) bond motifs is 3. The van der Waals surface area contributed by atoms with Gasteiger partial charge in [0.05, 0.1) is 24.1 Å². The molecule has 8 nitrogen and oxygen atoms in total. The fourth-order valence-corrected chi connectivity index (χ4v) is 5.92. The number of β-lactam (4-membered cyclic amide) rings is 1. The van der Waals surface area contributed by atoms with Gasteiger partial charge in [-0.25, -0.2) is 4.79 Å². The van der Waals surface area contributed by atoms with Crippen molar-refractivity contribution >= 4 is 35.5 Å². The number of ether oxygens (including phenoxy) is 2. The number of nitrogens with one attached hydrogen (secondary N) is 1. The molecule has 0 aromatic heterocycles.